The molecule has 2 aromatic rings. The van der Waals surface area contributed by atoms with Crippen LogP contribution in [0.2, 0.25) is 0 Å². The molecule has 19 heavy (non-hydrogen) atoms. The summed E-state index contributed by atoms with van der Waals surface area (Å²) in [5.41, 5.74) is 3.85. The molecule has 3 rings (SSSR count). The quantitative estimate of drug-likeness (QED) is 0.838. The third-order valence-corrected chi connectivity index (χ3v) is 3.94. The van der Waals surface area contributed by atoms with Crippen molar-refractivity contribution >= 4 is 23.4 Å². The average Bonchev–Trinajstić information content (AvgIpc) is 2.76. The molecule has 0 atom stereocenters. The number of thioether (sulfide) groups is 1. The van der Waals surface area contributed by atoms with Gasteiger partial charge in [0.2, 0.25) is 0 Å². The first kappa shape index (κ1) is 12.1. The lowest BCUT2D eigenvalue weighted by Crippen LogP contribution is -2.11. The van der Waals surface area contributed by atoms with Gasteiger partial charge in [-0.3, -0.25) is 4.79 Å². The van der Waals surface area contributed by atoms with Crippen molar-refractivity contribution in [2.75, 3.05) is 0 Å². The molecule has 0 saturated carbocycles. The van der Waals surface area contributed by atoms with E-state index in [1.165, 1.54) is 5.56 Å². The standard InChI is InChI=1S/C16H13NOS/c1-11-6-8-12(9-7-11)19-10-15-13-4-2-3-5-14(13)16(18)17-15/h2-10H,1H3,(H,17,18)/b15-10-. The number of carbonyl (C=O) groups is 1. The van der Waals surface area contributed by atoms with Crippen LogP contribution in [0.15, 0.2) is 58.8 Å². The fourth-order valence-electron chi connectivity index (χ4n) is 2.01. The van der Waals surface area contributed by atoms with Crippen molar-refractivity contribution in [3.8, 4) is 0 Å². The Kier molecular flexibility index (Phi) is 3.13. The Morgan fingerprint density at radius 1 is 1.00 bits per heavy atom. The first-order valence-electron chi connectivity index (χ1n) is 6.08. The van der Waals surface area contributed by atoms with Gasteiger partial charge in [0.25, 0.3) is 5.91 Å². The molecule has 1 aliphatic heterocycles. The molecular formula is C16H13NOS. The summed E-state index contributed by atoms with van der Waals surface area (Å²) in [5.74, 6) is -0.0219. The van der Waals surface area contributed by atoms with E-state index in [2.05, 4.69) is 36.5 Å². The van der Waals surface area contributed by atoms with E-state index in [1.807, 2.05) is 29.7 Å². The summed E-state index contributed by atoms with van der Waals surface area (Å²) in [6.07, 6.45) is 0. The van der Waals surface area contributed by atoms with Crippen LogP contribution in [0.3, 0.4) is 0 Å². The Hall–Kier alpha value is -2.00. The number of aryl methyl sites for hydroxylation is 1. The molecule has 2 nitrogen and oxygen atoms in total. The first-order chi connectivity index (χ1) is 9.24. The van der Waals surface area contributed by atoms with Gasteiger partial charge in [-0.1, -0.05) is 47.7 Å². The van der Waals surface area contributed by atoms with Crippen molar-refractivity contribution in [1.82, 2.24) is 5.32 Å². The van der Waals surface area contributed by atoms with Gasteiger partial charge in [-0.05, 0) is 25.1 Å². The topological polar surface area (TPSA) is 29.1 Å². The fourth-order valence-corrected chi connectivity index (χ4v) is 2.74. The normalized spacial score (nSPS) is 15.4. The van der Waals surface area contributed by atoms with E-state index in [1.54, 1.807) is 11.8 Å². The van der Waals surface area contributed by atoms with Gasteiger partial charge in [0.05, 0.1) is 5.70 Å². The van der Waals surface area contributed by atoms with Crippen molar-refractivity contribution in [2.24, 2.45) is 0 Å². The number of nitrogens with one attached hydrogen (secondary N) is 1. The van der Waals surface area contributed by atoms with Crippen molar-refractivity contribution in [3.05, 3.63) is 70.6 Å². The summed E-state index contributed by atoms with van der Waals surface area (Å²) in [6, 6.07) is 16.0. The summed E-state index contributed by atoms with van der Waals surface area (Å²) in [7, 11) is 0. The Morgan fingerprint density at radius 2 is 1.68 bits per heavy atom. The monoisotopic (exact) mass is 267 g/mol. The zero-order chi connectivity index (χ0) is 13.2. The van der Waals surface area contributed by atoms with Crippen LogP contribution in [-0.2, 0) is 0 Å². The highest BCUT2D eigenvalue weighted by Crippen LogP contribution is 2.29. The minimum absolute atomic E-state index is 0.0219. The zero-order valence-electron chi connectivity index (χ0n) is 10.5. The fraction of sp³-hybridized carbons (Fsp3) is 0.0625. The molecule has 2 aromatic carbocycles. The molecule has 0 spiro atoms. The molecule has 0 fully saturated rings. The molecule has 94 valence electrons. The summed E-state index contributed by atoms with van der Waals surface area (Å²) in [6.45, 7) is 2.07. The molecule has 0 bridgehead atoms. The lowest BCUT2D eigenvalue weighted by molar-refractivity contribution is 0.0981. The third-order valence-electron chi connectivity index (χ3n) is 3.04. The number of carbonyl (C=O) groups excluding carboxylic acids is 1. The molecule has 3 heteroatoms. The van der Waals surface area contributed by atoms with Gasteiger partial charge in [0, 0.05) is 21.4 Å². The lowest BCUT2D eigenvalue weighted by atomic mass is 10.1. The van der Waals surface area contributed by atoms with Gasteiger partial charge in [0.15, 0.2) is 0 Å². The zero-order valence-corrected chi connectivity index (χ0v) is 11.3. The lowest BCUT2D eigenvalue weighted by Gasteiger charge is -2.01. The second-order valence-corrected chi connectivity index (χ2v) is 5.40. The molecule has 1 N–H and O–H groups in total. The van der Waals surface area contributed by atoms with E-state index in [9.17, 15) is 4.79 Å². The molecule has 0 aromatic heterocycles. The van der Waals surface area contributed by atoms with Crippen molar-refractivity contribution in [2.45, 2.75) is 11.8 Å². The molecule has 1 amide bonds. The molecular weight excluding hydrogens is 254 g/mol. The van der Waals surface area contributed by atoms with E-state index in [-0.39, 0.29) is 5.91 Å². The van der Waals surface area contributed by atoms with Gasteiger partial charge in [-0.15, -0.1) is 0 Å². The minimum atomic E-state index is -0.0219. The Bertz CT molecular complexity index is 659. The minimum Gasteiger partial charge on any atom is -0.321 e. The molecule has 1 heterocycles. The molecule has 1 aliphatic rings. The maximum absolute atomic E-state index is 11.8. The summed E-state index contributed by atoms with van der Waals surface area (Å²) >= 11 is 1.62. The van der Waals surface area contributed by atoms with Crippen molar-refractivity contribution < 1.29 is 4.79 Å². The van der Waals surface area contributed by atoms with Crippen LogP contribution in [0.25, 0.3) is 5.70 Å². The first-order valence-corrected chi connectivity index (χ1v) is 6.96. The second kappa shape index (κ2) is 4.94. The molecule has 0 aliphatic carbocycles. The van der Waals surface area contributed by atoms with Crippen molar-refractivity contribution in [3.63, 3.8) is 0 Å². The largest absolute Gasteiger partial charge is 0.321 e. The molecule has 0 unspecified atom stereocenters. The Balaban J connectivity index is 1.86. The van der Waals surface area contributed by atoms with Gasteiger partial charge >= 0.3 is 0 Å². The number of rotatable bonds is 2. The van der Waals surface area contributed by atoms with Crippen LogP contribution in [0, 0.1) is 6.92 Å². The van der Waals surface area contributed by atoms with Crippen LogP contribution in [-0.4, -0.2) is 5.91 Å². The highest BCUT2D eigenvalue weighted by molar-refractivity contribution is 8.02. The summed E-state index contributed by atoms with van der Waals surface area (Å²) < 4.78 is 0. The van der Waals surface area contributed by atoms with Crippen molar-refractivity contribution in [1.29, 1.82) is 0 Å². The smallest absolute Gasteiger partial charge is 0.256 e. The van der Waals surface area contributed by atoms with Crippen LogP contribution < -0.4 is 5.32 Å². The van der Waals surface area contributed by atoms with Crippen LogP contribution in [0.4, 0.5) is 0 Å². The van der Waals surface area contributed by atoms with Crippen LogP contribution >= 0.6 is 11.8 Å². The van der Waals surface area contributed by atoms with E-state index in [4.69, 9.17) is 0 Å². The Morgan fingerprint density at radius 3 is 2.42 bits per heavy atom. The molecule has 0 saturated heterocycles. The number of hydrogen-bond acceptors (Lipinski definition) is 2. The number of amides is 1. The predicted molar refractivity (Wildman–Crippen MR) is 78.9 cm³/mol. The second-order valence-electron chi connectivity index (χ2n) is 4.46. The summed E-state index contributed by atoms with van der Waals surface area (Å²) in [4.78, 5) is 12.9. The maximum Gasteiger partial charge on any atom is 0.256 e. The van der Waals surface area contributed by atoms with Crippen LogP contribution in [0.1, 0.15) is 21.5 Å². The number of fused-ring (bicyclic) bond motifs is 1. The van der Waals surface area contributed by atoms with E-state index >= 15 is 0 Å². The van der Waals surface area contributed by atoms with E-state index < -0.39 is 0 Å². The highest BCUT2D eigenvalue weighted by Gasteiger charge is 2.22. The highest BCUT2D eigenvalue weighted by atomic mass is 32.2. The van der Waals surface area contributed by atoms with E-state index in [0.29, 0.717) is 0 Å². The van der Waals surface area contributed by atoms with Gasteiger partial charge in [-0.2, -0.15) is 0 Å². The SMILES string of the molecule is Cc1ccc(S/C=C2\NC(=O)c3ccccc32)cc1. The van der Waals surface area contributed by atoms with Crippen LogP contribution in [0.5, 0.6) is 0 Å². The number of benzene rings is 2. The maximum atomic E-state index is 11.8. The molecule has 0 radical (unpaired) electrons. The predicted octanol–water partition coefficient (Wildman–Crippen LogP) is 3.83. The van der Waals surface area contributed by atoms with E-state index in [0.717, 1.165) is 21.7 Å². The van der Waals surface area contributed by atoms with Gasteiger partial charge in [0.1, 0.15) is 0 Å². The Labute approximate surface area is 116 Å². The third kappa shape index (κ3) is 2.42. The number of hydrogen-bond donors (Lipinski definition) is 1. The summed E-state index contributed by atoms with van der Waals surface area (Å²) in [5, 5.41) is 4.90. The van der Waals surface area contributed by atoms with Gasteiger partial charge in [-0.25, -0.2) is 0 Å². The average molecular weight is 267 g/mol. The van der Waals surface area contributed by atoms with Gasteiger partial charge < -0.3 is 5.32 Å².